The van der Waals surface area contributed by atoms with Crippen LogP contribution in [0.3, 0.4) is 0 Å². The lowest BCUT2D eigenvalue weighted by molar-refractivity contribution is 0.0940. The van der Waals surface area contributed by atoms with Gasteiger partial charge in [-0.3, -0.25) is 4.79 Å². The minimum atomic E-state index is -0.145. The third-order valence-electron chi connectivity index (χ3n) is 3.53. The van der Waals surface area contributed by atoms with Crippen molar-refractivity contribution in [3.8, 4) is 0 Å². The van der Waals surface area contributed by atoms with E-state index in [0.29, 0.717) is 42.8 Å². The Kier molecular flexibility index (Phi) is 3.69. The number of nitrogens with one attached hydrogen (secondary N) is 2. The van der Waals surface area contributed by atoms with Crippen LogP contribution in [0.15, 0.2) is 4.52 Å². The fourth-order valence-electron chi connectivity index (χ4n) is 2.50. The van der Waals surface area contributed by atoms with Crippen LogP contribution in [0.4, 0.5) is 0 Å². The molecule has 1 amide bonds. The molecule has 8 heteroatoms. The van der Waals surface area contributed by atoms with Gasteiger partial charge >= 0.3 is 0 Å². The number of fused-ring (bicyclic) bond motifs is 1. The van der Waals surface area contributed by atoms with Gasteiger partial charge in [0.15, 0.2) is 5.82 Å². The molecule has 0 radical (unpaired) electrons. The Morgan fingerprint density at radius 1 is 1.36 bits per heavy atom. The molecule has 2 aromatic rings. The molecule has 0 atom stereocenters. The highest BCUT2D eigenvalue weighted by atomic mass is 16.5. The van der Waals surface area contributed by atoms with E-state index >= 15 is 0 Å². The van der Waals surface area contributed by atoms with Gasteiger partial charge in [0.25, 0.3) is 5.91 Å². The molecule has 8 nitrogen and oxygen atoms in total. The highest BCUT2D eigenvalue weighted by Crippen LogP contribution is 2.25. The van der Waals surface area contributed by atoms with Gasteiger partial charge in [0, 0.05) is 19.3 Å². The van der Waals surface area contributed by atoms with Crippen molar-refractivity contribution in [3.05, 3.63) is 28.9 Å². The molecule has 1 aliphatic heterocycles. The Morgan fingerprint density at radius 3 is 2.95 bits per heavy atom. The van der Waals surface area contributed by atoms with E-state index in [4.69, 9.17) is 9.26 Å². The molecule has 0 aromatic carbocycles. The highest BCUT2D eigenvalue weighted by molar-refractivity contribution is 5.93. The molecule has 0 bridgehead atoms. The Hall–Kier alpha value is -2.22. The van der Waals surface area contributed by atoms with Crippen molar-refractivity contribution < 1.29 is 14.1 Å². The minimum Gasteiger partial charge on any atom is -0.377 e. The topological polar surface area (TPSA) is 106 Å². The summed E-state index contributed by atoms with van der Waals surface area (Å²) in [6.45, 7) is 5.15. The van der Waals surface area contributed by atoms with Crippen molar-refractivity contribution in [2.24, 2.45) is 5.41 Å². The van der Waals surface area contributed by atoms with Gasteiger partial charge in [-0.1, -0.05) is 19.0 Å². The van der Waals surface area contributed by atoms with Crippen molar-refractivity contribution >= 4 is 5.91 Å². The van der Waals surface area contributed by atoms with E-state index < -0.39 is 0 Å². The first kappa shape index (κ1) is 14.7. The number of nitrogens with zero attached hydrogens (tertiary/aromatic N) is 3. The number of hydrogen-bond acceptors (Lipinski definition) is 6. The average molecular weight is 305 g/mol. The van der Waals surface area contributed by atoms with Gasteiger partial charge in [0.1, 0.15) is 18.1 Å². The van der Waals surface area contributed by atoms with Crippen molar-refractivity contribution in [2.75, 3.05) is 13.7 Å². The molecule has 22 heavy (non-hydrogen) atoms. The summed E-state index contributed by atoms with van der Waals surface area (Å²) >= 11 is 0. The van der Waals surface area contributed by atoms with Crippen LogP contribution >= 0.6 is 0 Å². The minimum absolute atomic E-state index is 0.0131. The molecule has 0 spiro atoms. The number of aromatic nitrogens is 4. The Labute approximate surface area is 127 Å². The number of carbonyl (C=O) groups excluding carboxylic acids is 1. The molecule has 3 rings (SSSR count). The molecule has 0 aliphatic carbocycles. The predicted octanol–water partition coefficient (Wildman–Crippen LogP) is 0.842. The molecule has 0 saturated carbocycles. The van der Waals surface area contributed by atoms with Crippen molar-refractivity contribution in [2.45, 2.75) is 33.3 Å². The number of H-pyrrole nitrogens is 1. The molecule has 2 N–H and O–H groups in total. The number of methoxy groups -OCH3 is 1. The van der Waals surface area contributed by atoms with Crippen LogP contribution in [0, 0.1) is 5.41 Å². The molecule has 118 valence electrons. The Morgan fingerprint density at radius 2 is 2.18 bits per heavy atom. The van der Waals surface area contributed by atoms with Gasteiger partial charge in [0.2, 0.25) is 5.89 Å². The molecular formula is C14H19N5O3. The van der Waals surface area contributed by atoms with Gasteiger partial charge in [0.05, 0.1) is 6.42 Å². The summed E-state index contributed by atoms with van der Waals surface area (Å²) in [5, 5.41) is 6.70. The lowest BCUT2D eigenvalue weighted by atomic mass is 9.88. The third-order valence-corrected chi connectivity index (χ3v) is 3.53. The molecule has 1 aliphatic rings. The maximum atomic E-state index is 12.1. The quantitative estimate of drug-likeness (QED) is 0.867. The number of aromatic amines is 1. The van der Waals surface area contributed by atoms with E-state index in [2.05, 4.69) is 39.3 Å². The summed E-state index contributed by atoms with van der Waals surface area (Å²) in [5.41, 5.74) is 1.30. The first-order chi connectivity index (χ1) is 10.5. The van der Waals surface area contributed by atoms with Crippen molar-refractivity contribution in [1.82, 2.24) is 25.4 Å². The number of hydrogen-bond donors (Lipinski definition) is 2. The first-order valence-electron chi connectivity index (χ1n) is 7.13. The number of ether oxygens (including phenoxy) is 1. The summed E-state index contributed by atoms with van der Waals surface area (Å²) in [5.74, 6) is 1.43. The van der Waals surface area contributed by atoms with E-state index in [9.17, 15) is 4.79 Å². The summed E-state index contributed by atoms with van der Waals surface area (Å²) in [4.78, 5) is 23.9. The van der Waals surface area contributed by atoms with Gasteiger partial charge in [-0.05, 0) is 11.8 Å². The summed E-state index contributed by atoms with van der Waals surface area (Å²) in [6, 6.07) is 0. The molecule has 3 heterocycles. The van der Waals surface area contributed by atoms with Crippen LogP contribution in [-0.4, -0.2) is 39.7 Å². The smallest absolute Gasteiger partial charge is 0.271 e. The van der Waals surface area contributed by atoms with E-state index in [1.54, 1.807) is 7.11 Å². The zero-order valence-corrected chi connectivity index (χ0v) is 12.9. The SMILES string of the molecule is COCc1noc(Cc2nc3c([nH]2)CC(C)(C)CNC3=O)n1. The van der Waals surface area contributed by atoms with Gasteiger partial charge in [-0.25, -0.2) is 4.98 Å². The van der Waals surface area contributed by atoms with Crippen LogP contribution in [0.25, 0.3) is 0 Å². The van der Waals surface area contributed by atoms with E-state index in [0.717, 1.165) is 12.1 Å². The number of amides is 1. The second-order valence-electron chi connectivity index (χ2n) is 6.25. The molecule has 0 saturated heterocycles. The summed E-state index contributed by atoms with van der Waals surface area (Å²) < 4.78 is 10.1. The fraction of sp³-hybridized carbons (Fsp3) is 0.571. The number of rotatable bonds is 4. The zero-order valence-electron chi connectivity index (χ0n) is 12.9. The first-order valence-corrected chi connectivity index (χ1v) is 7.13. The lowest BCUT2D eigenvalue weighted by Crippen LogP contribution is -2.32. The van der Waals surface area contributed by atoms with Gasteiger partial charge in [-0.2, -0.15) is 4.98 Å². The third kappa shape index (κ3) is 3.01. The molecular weight excluding hydrogens is 286 g/mol. The van der Waals surface area contributed by atoms with Crippen LogP contribution in [0.5, 0.6) is 0 Å². The lowest BCUT2D eigenvalue weighted by Gasteiger charge is -2.21. The largest absolute Gasteiger partial charge is 0.377 e. The molecule has 0 unspecified atom stereocenters. The Bertz CT molecular complexity index is 688. The van der Waals surface area contributed by atoms with Crippen LogP contribution in [0.2, 0.25) is 0 Å². The highest BCUT2D eigenvalue weighted by Gasteiger charge is 2.30. The van der Waals surface area contributed by atoms with Crippen LogP contribution in [-0.2, 0) is 24.2 Å². The van der Waals surface area contributed by atoms with Gasteiger partial charge in [-0.15, -0.1) is 0 Å². The number of imidazole rings is 1. The molecule has 2 aromatic heterocycles. The number of carbonyl (C=O) groups is 1. The van der Waals surface area contributed by atoms with Crippen molar-refractivity contribution in [1.29, 1.82) is 0 Å². The van der Waals surface area contributed by atoms with E-state index in [1.807, 2.05) is 0 Å². The normalized spacial score (nSPS) is 17.0. The summed E-state index contributed by atoms with van der Waals surface area (Å²) in [6.07, 6.45) is 1.12. The second-order valence-corrected chi connectivity index (χ2v) is 6.25. The van der Waals surface area contributed by atoms with E-state index in [-0.39, 0.29) is 11.3 Å². The summed E-state index contributed by atoms with van der Waals surface area (Å²) in [7, 11) is 1.57. The van der Waals surface area contributed by atoms with Gasteiger partial charge < -0.3 is 19.6 Å². The monoisotopic (exact) mass is 305 g/mol. The van der Waals surface area contributed by atoms with Crippen LogP contribution in [0.1, 0.15) is 47.6 Å². The second kappa shape index (κ2) is 5.53. The maximum absolute atomic E-state index is 12.1. The van der Waals surface area contributed by atoms with Crippen LogP contribution < -0.4 is 5.32 Å². The average Bonchev–Trinajstić information content (AvgIpc) is 3.01. The molecule has 0 fully saturated rings. The van der Waals surface area contributed by atoms with E-state index in [1.165, 1.54) is 0 Å². The Balaban J connectivity index is 1.81. The standard InChI is InChI=1S/C14H19N5O3/c1-14(2)5-8-12(13(20)15-7-14)18-9(16-8)4-11-17-10(6-21-3)19-22-11/h4-7H2,1-3H3,(H,15,20)(H,16,18). The maximum Gasteiger partial charge on any atom is 0.271 e. The fourth-order valence-corrected chi connectivity index (χ4v) is 2.50. The van der Waals surface area contributed by atoms with Crippen molar-refractivity contribution in [3.63, 3.8) is 0 Å². The predicted molar refractivity (Wildman–Crippen MR) is 76.2 cm³/mol. The zero-order chi connectivity index (χ0) is 15.7.